The van der Waals surface area contributed by atoms with Gasteiger partial charge in [0.1, 0.15) is 0 Å². The van der Waals surface area contributed by atoms with Crippen molar-refractivity contribution in [2.75, 3.05) is 19.8 Å². The van der Waals surface area contributed by atoms with Gasteiger partial charge in [0.05, 0.1) is 5.92 Å². The molecule has 1 aliphatic carbocycles. The zero-order chi connectivity index (χ0) is 15.1. The Balaban J connectivity index is 1.56. The van der Waals surface area contributed by atoms with E-state index in [1.165, 1.54) is 0 Å². The topological polar surface area (TPSA) is 87.7 Å². The lowest BCUT2D eigenvalue weighted by Crippen LogP contribution is -2.44. The van der Waals surface area contributed by atoms with Gasteiger partial charge in [-0.15, -0.1) is 0 Å². The molecule has 0 aromatic carbocycles. The predicted octanol–water partition coefficient (Wildman–Crippen LogP) is 1.75. The highest BCUT2D eigenvalue weighted by atomic mass is 16.5. The molecule has 0 radical (unpaired) electrons. The molecule has 0 unspecified atom stereocenters. The molecule has 2 rings (SSSR count). The highest BCUT2D eigenvalue weighted by Crippen LogP contribution is 2.24. The van der Waals surface area contributed by atoms with Gasteiger partial charge in [0.15, 0.2) is 0 Å². The number of hydrogen-bond donors (Lipinski definition) is 3. The maximum absolute atomic E-state index is 11.8. The van der Waals surface area contributed by atoms with Crippen LogP contribution in [0.3, 0.4) is 0 Å². The van der Waals surface area contributed by atoms with Crippen molar-refractivity contribution < 1.29 is 19.4 Å². The van der Waals surface area contributed by atoms with E-state index in [0.29, 0.717) is 25.3 Å². The number of aliphatic carboxylic acids is 1. The number of rotatable bonds is 5. The zero-order valence-corrected chi connectivity index (χ0v) is 12.5. The van der Waals surface area contributed by atoms with E-state index < -0.39 is 5.97 Å². The second-order valence-electron chi connectivity index (χ2n) is 6.13. The smallest absolute Gasteiger partial charge is 0.315 e. The van der Waals surface area contributed by atoms with E-state index in [4.69, 9.17) is 9.84 Å². The van der Waals surface area contributed by atoms with E-state index in [9.17, 15) is 9.59 Å². The van der Waals surface area contributed by atoms with E-state index in [0.717, 1.165) is 45.3 Å². The summed E-state index contributed by atoms with van der Waals surface area (Å²) in [6, 6.07) is -0.00971. The van der Waals surface area contributed by atoms with Crippen molar-refractivity contribution in [2.45, 2.75) is 51.0 Å². The number of carboxylic acid groups (broad SMARTS) is 1. The predicted molar refractivity (Wildman–Crippen MR) is 78.1 cm³/mol. The molecule has 3 N–H and O–H groups in total. The number of hydrogen-bond acceptors (Lipinski definition) is 3. The lowest BCUT2D eigenvalue weighted by Gasteiger charge is -2.27. The van der Waals surface area contributed by atoms with Crippen LogP contribution in [0.2, 0.25) is 0 Å². The van der Waals surface area contributed by atoms with Crippen molar-refractivity contribution >= 4 is 12.0 Å². The molecule has 2 fully saturated rings. The van der Waals surface area contributed by atoms with Crippen LogP contribution in [-0.2, 0) is 9.53 Å². The first-order chi connectivity index (χ1) is 10.1. The van der Waals surface area contributed by atoms with Gasteiger partial charge in [-0.1, -0.05) is 0 Å². The van der Waals surface area contributed by atoms with E-state index >= 15 is 0 Å². The minimum atomic E-state index is -0.714. The van der Waals surface area contributed by atoms with Gasteiger partial charge < -0.3 is 20.5 Å². The van der Waals surface area contributed by atoms with Gasteiger partial charge in [0.2, 0.25) is 0 Å². The Labute approximate surface area is 125 Å². The van der Waals surface area contributed by atoms with Crippen LogP contribution in [0.25, 0.3) is 0 Å². The molecule has 1 saturated heterocycles. The summed E-state index contributed by atoms with van der Waals surface area (Å²) in [6.45, 7) is 2.37. The Morgan fingerprint density at radius 2 is 1.71 bits per heavy atom. The Morgan fingerprint density at radius 3 is 2.33 bits per heavy atom. The van der Waals surface area contributed by atoms with Gasteiger partial charge >= 0.3 is 12.0 Å². The van der Waals surface area contributed by atoms with Crippen molar-refractivity contribution in [1.29, 1.82) is 0 Å². The van der Waals surface area contributed by atoms with Crippen LogP contribution >= 0.6 is 0 Å². The minimum absolute atomic E-state index is 0.115. The van der Waals surface area contributed by atoms with Crippen LogP contribution < -0.4 is 10.6 Å². The minimum Gasteiger partial charge on any atom is -0.481 e. The van der Waals surface area contributed by atoms with Crippen LogP contribution in [0.1, 0.15) is 44.9 Å². The molecular formula is C15H26N2O4. The SMILES string of the molecule is O=C(NCCC1CCOCC1)NC1CCC(C(=O)O)CC1. The number of nitrogens with one attached hydrogen (secondary N) is 2. The molecule has 0 atom stereocenters. The number of carboxylic acids is 1. The summed E-state index contributed by atoms with van der Waals surface area (Å²) in [5.74, 6) is -0.293. The molecule has 0 aromatic heterocycles. The third-order valence-electron chi connectivity index (χ3n) is 4.59. The fourth-order valence-corrected chi connectivity index (χ4v) is 3.15. The monoisotopic (exact) mass is 298 g/mol. The lowest BCUT2D eigenvalue weighted by molar-refractivity contribution is -0.142. The third kappa shape index (κ3) is 5.53. The number of urea groups is 1. The van der Waals surface area contributed by atoms with Crippen LogP contribution in [0.15, 0.2) is 0 Å². The van der Waals surface area contributed by atoms with Gasteiger partial charge in [-0.3, -0.25) is 4.79 Å². The Hall–Kier alpha value is -1.30. The average molecular weight is 298 g/mol. The maximum atomic E-state index is 11.8. The summed E-state index contributed by atoms with van der Waals surface area (Å²) >= 11 is 0. The summed E-state index contributed by atoms with van der Waals surface area (Å²) in [4.78, 5) is 22.7. The Morgan fingerprint density at radius 1 is 1.05 bits per heavy atom. The molecule has 120 valence electrons. The average Bonchev–Trinajstić information content (AvgIpc) is 2.49. The molecule has 0 bridgehead atoms. The highest BCUT2D eigenvalue weighted by Gasteiger charge is 2.26. The molecule has 6 nitrogen and oxygen atoms in total. The van der Waals surface area contributed by atoms with Crippen molar-refractivity contribution in [3.05, 3.63) is 0 Å². The van der Waals surface area contributed by atoms with E-state index in [-0.39, 0.29) is 18.0 Å². The van der Waals surface area contributed by atoms with Crippen molar-refractivity contribution in [3.63, 3.8) is 0 Å². The quantitative estimate of drug-likeness (QED) is 0.721. The van der Waals surface area contributed by atoms with Crippen LogP contribution in [0.4, 0.5) is 4.79 Å². The number of carbonyl (C=O) groups excluding carboxylic acids is 1. The molecular weight excluding hydrogens is 272 g/mol. The first-order valence-electron chi connectivity index (χ1n) is 8.00. The standard InChI is InChI=1S/C15H26N2O4/c18-14(19)12-1-3-13(4-2-12)17-15(20)16-8-5-11-6-9-21-10-7-11/h11-13H,1-10H2,(H,18,19)(H2,16,17,20). The van der Waals surface area contributed by atoms with Crippen molar-refractivity contribution in [1.82, 2.24) is 10.6 Å². The fourth-order valence-electron chi connectivity index (χ4n) is 3.15. The van der Waals surface area contributed by atoms with Gasteiger partial charge in [-0.05, 0) is 50.9 Å². The van der Waals surface area contributed by atoms with E-state index in [1.54, 1.807) is 0 Å². The zero-order valence-electron chi connectivity index (χ0n) is 12.5. The second-order valence-corrected chi connectivity index (χ2v) is 6.13. The Bertz CT molecular complexity index is 348. The highest BCUT2D eigenvalue weighted by molar-refractivity contribution is 5.74. The molecule has 1 heterocycles. The molecule has 2 amide bonds. The summed E-state index contributed by atoms with van der Waals surface area (Å²) in [5.41, 5.74) is 0. The first-order valence-corrected chi connectivity index (χ1v) is 8.00. The number of ether oxygens (including phenoxy) is 1. The van der Waals surface area contributed by atoms with Gasteiger partial charge in [-0.2, -0.15) is 0 Å². The summed E-state index contributed by atoms with van der Waals surface area (Å²) in [5, 5.41) is 14.8. The molecule has 6 heteroatoms. The number of amides is 2. The summed E-state index contributed by atoms with van der Waals surface area (Å²) < 4.78 is 5.31. The fraction of sp³-hybridized carbons (Fsp3) is 0.867. The van der Waals surface area contributed by atoms with Crippen LogP contribution in [-0.4, -0.2) is 42.9 Å². The van der Waals surface area contributed by atoms with Crippen LogP contribution in [0.5, 0.6) is 0 Å². The number of carbonyl (C=O) groups is 2. The Kier molecular flexibility index (Phi) is 6.29. The first kappa shape index (κ1) is 16.1. The molecule has 1 saturated carbocycles. The van der Waals surface area contributed by atoms with Crippen LogP contribution in [0, 0.1) is 11.8 Å². The molecule has 0 spiro atoms. The lowest BCUT2D eigenvalue weighted by atomic mass is 9.86. The van der Waals surface area contributed by atoms with E-state index in [2.05, 4.69) is 10.6 Å². The van der Waals surface area contributed by atoms with Crippen molar-refractivity contribution in [3.8, 4) is 0 Å². The van der Waals surface area contributed by atoms with Gasteiger partial charge in [-0.25, -0.2) is 4.79 Å². The molecule has 0 aromatic rings. The van der Waals surface area contributed by atoms with Crippen molar-refractivity contribution in [2.24, 2.45) is 11.8 Å². The maximum Gasteiger partial charge on any atom is 0.315 e. The summed E-state index contributed by atoms with van der Waals surface area (Å²) in [7, 11) is 0. The largest absolute Gasteiger partial charge is 0.481 e. The third-order valence-corrected chi connectivity index (χ3v) is 4.59. The van der Waals surface area contributed by atoms with Gasteiger partial charge in [0, 0.05) is 25.8 Å². The van der Waals surface area contributed by atoms with Gasteiger partial charge in [0.25, 0.3) is 0 Å². The summed E-state index contributed by atoms with van der Waals surface area (Å²) in [6.07, 6.45) is 5.99. The second kappa shape index (κ2) is 8.22. The van der Waals surface area contributed by atoms with E-state index in [1.807, 2.05) is 0 Å². The molecule has 1 aliphatic heterocycles. The molecule has 2 aliphatic rings. The molecule has 21 heavy (non-hydrogen) atoms. The normalized spacial score (nSPS) is 27.0.